The van der Waals surface area contributed by atoms with Crippen LogP contribution in [-0.4, -0.2) is 20.8 Å². The van der Waals surface area contributed by atoms with Crippen molar-refractivity contribution in [2.45, 2.75) is 6.32 Å². The van der Waals surface area contributed by atoms with Gasteiger partial charge < -0.3 is 5.32 Å². The summed E-state index contributed by atoms with van der Waals surface area (Å²) in [5, 5.41) is 2.39. The number of carbonyl (C=O) groups excluding carboxylic acids is 1. The van der Waals surface area contributed by atoms with Gasteiger partial charge in [0.1, 0.15) is 0 Å². The van der Waals surface area contributed by atoms with E-state index in [1.807, 2.05) is 0 Å². The van der Waals surface area contributed by atoms with Crippen molar-refractivity contribution in [1.82, 2.24) is 5.32 Å². The third-order valence-corrected chi connectivity index (χ3v) is 0.372. The van der Waals surface area contributed by atoms with Crippen LogP contribution in [0.5, 0.6) is 0 Å². The van der Waals surface area contributed by atoms with E-state index in [4.69, 9.17) is 7.85 Å². The molecule has 1 N–H and O–H groups in total. The molecule has 0 bridgehead atoms. The van der Waals surface area contributed by atoms with Crippen LogP contribution in [0.4, 0.5) is 0 Å². The summed E-state index contributed by atoms with van der Waals surface area (Å²) in [5.41, 5.74) is 0. The van der Waals surface area contributed by atoms with Gasteiger partial charge in [-0.05, 0) is 0 Å². The van der Waals surface area contributed by atoms with Crippen LogP contribution in [0.3, 0.4) is 0 Å². The van der Waals surface area contributed by atoms with Gasteiger partial charge in [-0.15, -0.1) is 0 Å². The summed E-state index contributed by atoms with van der Waals surface area (Å²) < 4.78 is 0. The highest BCUT2D eigenvalue weighted by molar-refractivity contribution is 6.08. The van der Waals surface area contributed by atoms with E-state index in [9.17, 15) is 4.79 Å². The maximum Gasteiger partial charge on any atom is 0.207 e. The van der Waals surface area contributed by atoms with E-state index >= 15 is 0 Å². The average Bonchev–Trinajstić information content (AvgIpc) is 1.61. The molecule has 0 heterocycles. The molecule has 32 valence electrons. The molecule has 0 rings (SSSR count). The van der Waals surface area contributed by atoms with Gasteiger partial charge in [0.2, 0.25) is 6.41 Å². The highest BCUT2D eigenvalue weighted by Gasteiger charge is 1.69. The fourth-order valence-electron chi connectivity index (χ4n) is 0.142. The minimum atomic E-state index is 0.513. The van der Waals surface area contributed by atoms with Crippen LogP contribution >= 0.6 is 0 Å². The first-order valence-electron chi connectivity index (χ1n) is 1.79. The number of carbonyl (C=O) groups is 1. The Bertz CT molecular complexity index is 39.8. The first-order valence-corrected chi connectivity index (χ1v) is 1.79. The lowest BCUT2D eigenvalue weighted by Gasteiger charge is -1.86. The van der Waals surface area contributed by atoms with Gasteiger partial charge in [-0.2, -0.15) is 0 Å². The van der Waals surface area contributed by atoms with E-state index in [-0.39, 0.29) is 0 Å². The van der Waals surface area contributed by atoms with Gasteiger partial charge in [0.15, 0.2) is 0 Å². The summed E-state index contributed by atoms with van der Waals surface area (Å²) in [6, 6.07) is 0. The maximum absolute atomic E-state index is 9.40. The lowest BCUT2D eigenvalue weighted by atomic mass is 10.1. The summed E-state index contributed by atoms with van der Waals surface area (Å²) in [6.07, 6.45) is 1.14. The molecule has 0 aliphatic carbocycles. The molecule has 1 amide bonds. The Morgan fingerprint density at radius 3 is 2.67 bits per heavy atom. The number of hydrogen-bond donors (Lipinski definition) is 1. The van der Waals surface area contributed by atoms with Gasteiger partial charge in [0, 0.05) is 6.54 Å². The monoisotopic (exact) mass is 83.1 g/mol. The number of rotatable bonds is 3. The summed E-state index contributed by atoms with van der Waals surface area (Å²) in [5.74, 6) is 0. The van der Waals surface area contributed by atoms with Crippen LogP contribution in [0, 0.1) is 0 Å². The van der Waals surface area contributed by atoms with E-state index in [2.05, 4.69) is 5.32 Å². The van der Waals surface area contributed by atoms with Gasteiger partial charge in [0.05, 0.1) is 7.85 Å². The molecular formula is C3H6BNO. The third-order valence-electron chi connectivity index (χ3n) is 0.372. The van der Waals surface area contributed by atoms with Gasteiger partial charge in [0.25, 0.3) is 0 Å². The molecule has 0 aromatic rings. The van der Waals surface area contributed by atoms with Crippen molar-refractivity contribution >= 4 is 14.3 Å². The highest BCUT2D eigenvalue weighted by Crippen LogP contribution is 1.58. The van der Waals surface area contributed by atoms with Crippen LogP contribution in [0.15, 0.2) is 0 Å². The minimum Gasteiger partial charge on any atom is -0.359 e. The number of nitrogens with one attached hydrogen (secondary N) is 1. The predicted molar refractivity (Wildman–Crippen MR) is 24.6 cm³/mol. The normalized spacial score (nSPS) is 7.33. The molecule has 0 aliphatic heterocycles. The zero-order valence-electron chi connectivity index (χ0n) is 3.48. The molecule has 0 aromatic carbocycles. The SMILES string of the molecule is [B]CCNC=O. The molecule has 0 unspecified atom stereocenters. The first-order chi connectivity index (χ1) is 2.91. The third kappa shape index (κ3) is 3.53. The molecular weight excluding hydrogens is 76.9 g/mol. The Labute approximate surface area is 38.3 Å². The van der Waals surface area contributed by atoms with E-state index in [0.717, 1.165) is 0 Å². The van der Waals surface area contributed by atoms with Gasteiger partial charge in [-0.3, -0.25) is 4.79 Å². The van der Waals surface area contributed by atoms with Crippen LogP contribution in [0.1, 0.15) is 0 Å². The van der Waals surface area contributed by atoms with Crippen molar-refractivity contribution in [3.63, 3.8) is 0 Å². The molecule has 6 heavy (non-hydrogen) atoms. The molecule has 0 aliphatic rings. The van der Waals surface area contributed by atoms with Crippen molar-refractivity contribution < 1.29 is 4.79 Å². The van der Waals surface area contributed by atoms with Crippen LogP contribution in [0.2, 0.25) is 6.32 Å². The average molecular weight is 82.9 g/mol. The van der Waals surface area contributed by atoms with Crippen LogP contribution < -0.4 is 5.32 Å². The summed E-state index contributed by atoms with van der Waals surface area (Å²) >= 11 is 0. The second-order valence-electron chi connectivity index (χ2n) is 0.861. The predicted octanol–water partition coefficient (Wildman–Crippen LogP) is -0.681. The summed E-state index contributed by atoms with van der Waals surface area (Å²) in [6.45, 7) is 0.573. The minimum absolute atomic E-state index is 0.513. The molecule has 0 aromatic heterocycles. The molecule has 0 saturated carbocycles. The van der Waals surface area contributed by atoms with Gasteiger partial charge >= 0.3 is 0 Å². The van der Waals surface area contributed by atoms with Crippen molar-refractivity contribution in [1.29, 1.82) is 0 Å². The van der Waals surface area contributed by atoms with Crippen molar-refractivity contribution in [3.05, 3.63) is 0 Å². The lowest BCUT2D eigenvalue weighted by molar-refractivity contribution is -0.109. The number of amides is 1. The molecule has 0 spiro atoms. The van der Waals surface area contributed by atoms with E-state index < -0.39 is 0 Å². The Balaban J connectivity index is 2.49. The van der Waals surface area contributed by atoms with Gasteiger partial charge in [-0.25, -0.2) is 0 Å². The van der Waals surface area contributed by atoms with E-state index in [0.29, 0.717) is 19.3 Å². The highest BCUT2D eigenvalue weighted by atomic mass is 16.1. The van der Waals surface area contributed by atoms with Crippen LogP contribution in [0.25, 0.3) is 0 Å². The molecule has 2 radical (unpaired) electrons. The van der Waals surface area contributed by atoms with Crippen molar-refractivity contribution in [2.75, 3.05) is 6.54 Å². The fraction of sp³-hybridized carbons (Fsp3) is 0.667. The standard InChI is InChI=1S/C3H6BNO/c4-1-2-5-3-6/h3H,1-2H2,(H,5,6). The summed E-state index contributed by atoms with van der Waals surface area (Å²) in [7, 11) is 4.99. The molecule has 0 atom stereocenters. The first kappa shape index (κ1) is 5.53. The quantitative estimate of drug-likeness (QED) is 0.273. The Morgan fingerprint density at radius 2 is 2.50 bits per heavy atom. The summed E-state index contributed by atoms with van der Waals surface area (Å²) in [4.78, 5) is 9.40. The van der Waals surface area contributed by atoms with Gasteiger partial charge in [-0.1, -0.05) is 6.32 Å². The zero-order chi connectivity index (χ0) is 4.83. The molecule has 3 heteroatoms. The second kappa shape index (κ2) is 4.53. The Kier molecular flexibility index (Phi) is 4.18. The topological polar surface area (TPSA) is 29.1 Å². The van der Waals surface area contributed by atoms with Crippen LogP contribution in [-0.2, 0) is 4.79 Å². The molecule has 0 saturated heterocycles. The maximum atomic E-state index is 9.40. The smallest absolute Gasteiger partial charge is 0.207 e. The Morgan fingerprint density at radius 1 is 1.83 bits per heavy atom. The largest absolute Gasteiger partial charge is 0.359 e. The van der Waals surface area contributed by atoms with E-state index in [1.165, 1.54) is 0 Å². The van der Waals surface area contributed by atoms with Crippen molar-refractivity contribution in [2.24, 2.45) is 0 Å². The zero-order valence-corrected chi connectivity index (χ0v) is 3.48. The lowest BCUT2D eigenvalue weighted by Crippen LogP contribution is -2.10. The fourth-order valence-corrected chi connectivity index (χ4v) is 0.142. The molecule has 0 fully saturated rings. The second-order valence-corrected chi connectivity index (χ2v) is 0.861. The Hall–Kier alpha value is -0.465. The van der Waals surface area contributed by atoms with E-state index in [1.54, 1.807) is 0 Å². The van der Waals surface area contributed by atoms with Crippen molar-refractivity contribution in [3.8, 4) is 0 Å². The molecule has 2 nitrogen and oxygen atoms in total. The number of hydrogen-bond acceptors (Lipinski definition) is 1.